The molecule has 2 aromatic rings. The number of hydrogen-bond donors (Lipinski definition) is 1. The van der Waals surface area contributed by atoms with Crippen molar-refractivity contribution in [2.45, 2.75) is 18.7 Å². The van der Waals surface area contributed by atoms with Crippen LogP contribution in [0.3, 0.4) is 0 Å². The number of rotatable bonds is 5. The molecule has 156 valence electrons. The lowest BCUT2D eigenvalue weighted by molar-refractivity contribution is -0.117. The predicted molar refractivity (Wildman–Crippen MR) is 106 cm³/mol. The molecule has 0 spiro atoms. The minimum atomic E-state index is -4.28. The summed E-state index contributed by atoms with van der Waals surface area (Å²) in [5.41, 5.74) is 2.79. The molecular weight excluding hydrogens is 400 g/mol. The molecule has 0 aliphatic carbocycles. The highest BCUT2D eigenvalue weighted by molar-refractivity contribution is 7.89. The Morgan fingerprint density at radius 2 is 1.55 bits per heavy atom. The zero-order valence-electron chi connectivity index (χ0n) is 16.3. The number of amides is 1. The Hall–Kier alpha value is -2.36. The minimum absolute atomic E-state index is 0.0486. The van der Waals surface area contributed by atoms with E-state index >= 15 is 0 Å². The van der Waals surface area contributed by atoms with E-state index in [1.807, 2.05) is 36.9 Å². The molecule has 0 unspecified atom stereocenters. The van der Waals surface area contributed by atoms with Gasteiger partial charge in [0.15, 0.2) is 4.90 Å². The highest BCUT2D eigenvalue weighted by Crippen LogP contribution is 2.23. The average Bonchev–Trinajstić information content (AvgIpc) is 2.60. The first kappa shape index (κ1) is 21.4. The monoisotopic (exact) mass is 423 g/mol. The van der Waals surface area contributed by atoms with E-state index in [0.717, 1.165) is 33.6 Å². The number of nitrogens with zero attached hydrogens (tertiary/aromatic N) is 2. The molecule has 0 saturated carbocycles. The molecule has 1 aliphatic rings. The van der Waals surface area contributed by atoms with Gasteiger partial charge in [-0.15, -0.1) is 0 Å². The predicted octanol–water partition coefficient (Wildman–Crippen LogP) is 2.53. The Morgan fingerprint density at radius 1 is 1.00 bits per heavy atom. The number of aryl methyl sites for hydroxylation is 2. The third-order valence-corrected chi connectivity index (χ3v) is 6.67. The third-order valence-electron chi connectivity index (χ3n) is 4.72. The van der Waals surface area contributed by atoms with Gasteiger partial charge in [-0.25, -0.2) is 17.2 Å². The zero-order chi connectivity index (χ0) is 21.2. The van der Waals surface area contributed by atoms with Crippen molar-refractivity contribution in [1.29, 1.82) is 0 Å². The summed E-state index contributed by atoms with van der Waals surface area (Å²) >= 11 is 0. The maximum Gasteiger partial charge on any atom is 0.249 e. The van der Waals surface area contributed by atoms with Crippen LogP contribution in [0.2, 0.25) is 0 Å². The van der Waals surface area contributed by atoms with Crippen molar-refractivity contribution in [3.8, 4) is 0 Å². The Bertz CT molecular complexity index is 979. The van der Waals surface area contributed by atoms with Gasteiger partial charge >= 0.3 is 0 Å². The summed E-state index contributed by atoms with van der Waals surface area (Å²) in [7, 11) is -4.28. The van der Waals surface area contributed by atoms with Crippen molar-refractivity contribution in [1.82, 2.24) is 9.21 Å². The van der Waals surface area contributed by atoms with E-state index in [1.165, 1.54) is 0 Å². The van der Waals surface area contributed by atoms with Crippen LogP contribution in [0, 0.1) is 25.5 Å². The second kappa shape index (κ2) is 8.56. The number of carbonyl (C=O) groups is 1. The molecule has 9 heteroatoms. The van der Waals surface area contributed by atoms with Gasteiger partial charge in [0.2, 0.25) is 15.9 Å². The molecule has 0 atom stereocenters. The standard InChI is InChI=1S/C20H23F2N3O3S/c1-14-10-15(2)12-16(11-14)23-19(26)13-24-6-8-25(9-7-24)29(27,28)20-17(21)4-3-5-18(20)22/h3-5,10-12H,6-9,13H2,1-2H3,(H,23,26). The van der Waals surface area contributed by atoms with Gasteiger partial charge in [-0.1, -0.05) is 12.1 Å². The van der Waals surface area contributed by atoms with Crippen molar-refractivity contribution < 1.29 is 22.0 Å². The van der Waals surface area contributed by atoms with Gasteiger partial charge in [0, 0.05) is 31.9 Å². The number of piperazine rings is 1. The van der Waals surface area contributed by atoms with E-state index in [-0.39, 0.29) is 38.6 Å². The summed E-state index contributed by atoms with van der Waals surface area (Å²) in [6.45, 7) is 4.67. The van der Waals surface area contributed by atoms with E-state index in [4.69, 9.17) is 0 Å². The number of halogens is 2. The lowest BCUT2D eigenvalue weighted by atomic mass is 10.1. The lowest BCUT2D eigenvalue weighted by Crippen LogP contribution is -2.50. The first-order valence-corrected chi connectivity index (χ1v) is 10.7. The molecule has 0 aromatic heterocycles. The van der Waals surface area contributed by atoms with Crippen molar-refractivity contribution in [3.63, 3.8) is 0 Å². The average molecular weight is 423 g/mol. The first-order valence-electron chi connectivity index (χ1n) is 9.21. The van der Waals surface area contributed by atoms with Crippen LogP contribution >= 0.6 is 0 Å². The molecule has 1 heterocycles. The fourth-order valence-corrected chi connectivity index (χ4v) is 4.97. The van der Waals surface area contributed by atoms with E-state index in [1.54, 1.807) is 0 Å². The van der Waals surface area contributed by atoms with Crippen molar-refractivity contribution in [2.24, 2.45) is 0 Å². The number of hydrogen-bond acceptors (Lipinski definition) is 4. The topological polar surface area (TPSA) is 69.7 Å². The number of sulfonamides is 1. The quantitative estimate of drug-likeness (QED) is 0.803. The Labute approximate surface area is 169 Å². The van der Waals surface area contributed by atoms with Crippen LogP contribution in [0.4, 0.5) is 14.5 Å². The molecule has 0 radical (unpaired) electrons. The van der Waals surface area contributed by atoms with Gasteiger partial charge in [-0.05, 0) is 49.2 Å². The van der Waals surface area contributed by atoms with Gasteiger partial charge in [0.05, 0.1) is 6.54 Å². The maximum absolute atomic E-state index is 13.9. The zero-order valence-corrected chi connectivity index (χ0v) is 17.1. The Balaban J connectivity index is 1.59. The number of carbonyl (C=O) groups excluding carboxylic acids is 1. The summed E-state index contributed by atoms with van der Waals surface area (Å²) in [5.74, 6) is -2.42. The number of nitrogens with one attached hydrogen (secondary N) is 1. The molecule has 2 aromatic carbocycles. The summed E-state index contributed by atoms with van der Waals surface area (Å²) in [6, 6.07) is 8.72. The van der Waals surface area contributed by atoms with E-state index in [2.05, 4.69) is 5.32 Å². The van der Waals surface area contributed by atoms with Crippen LogP contribution in [0.5, 0.6) is 0 Å². The molecule has 1 saturated heterocycles. The molecule has 1 fully saturated rings. The molecule has 0 bridgehead atoms. The van der Waals surface area contributed by atoms with Crippen LogP contribution in [0.15, 0.2) is 41.3 Å². The second-order valence-electron chi connectivity index (χ2n) is 7.16. The molecular formula is C20H23F2N3O3S. The van der Waals surface area contributed by atoms with Crippen LogP contribution in [-0.2, 0) is 14.8 Å². The fourth-order valence-electron chi connectivity index (χ4n) is 3.44. The molecule has 3 rings (SSSR count). The summed E-state index contributed by atoms with van der Waals surface area (Å²) < 4.78 is 54.1. The number of anilines is 1. The van der Waals surface area contributed by atoms with E-state index in [9.17, 15) is 22.0 Å². The molecule has 29 heavy (non-hydrogen) atoms. The third kappa shape index (κ3) is 4.98. The van der Waals surface area contributed by atoms with E-state index < -0.39 is 26.6 Å². The second-order valence-corrected chi connectivity index (χ2v) is 9.03. The molecule has 1 amide bonds. The summed E-state index contributed by atoms with van der Waals surface area (Å²) in [5, 5.41) is 2.84. The highest BCUT2D eigenvalue weighted by Gasteiger charge is 2.33. The molecule has 1 aliphatic heterocycles. The van der Waals surface area contributed by atoms with Crippen LogP contribution in [0.1, 0.15) is 11.1 Å². The van der Waals surface area contributed by atoms with Crippen molar-refractivity contribution in [2.75, 3.05) is 38.0 Å². The van der Waals surface area contributed by atoms with Gasteiger partial charge < -0.3 is 5.32 Å². The maximum atomic E-state index is 13.9. The van der Waals surface area contributed by atoms with Crippen LogP contribution in [-0.4, -0.2) is 56.3 Å². The Kier molecular flexibility index (Phi) is 6.30. The minimum Gasteiger partial charge on any atom is -0.325 e. The van der Waals surface area contributed by atoms with Crippen LogP contribution < -0.4 is 5.32 Å². The molecule has 6 nitrogen and oxygen atoms in total. The van der Waals surface area contributed by atoms with Gasteiger partial charge in [0.1, 0.15) is 11.6 Å². The first-order chi connectivity index (χ1) is 13.7. The van der Waals surface area contributed by atoms with Crippen molar-refractivity contribution in [3.05, 3.63) is 59.2 Å². The van der Waals surface area contributed by atoms with Gasteiger partial charge in [-0.3, -0.25) is 9.69 Å². The van der Waals surface area contributed by atoms with Crippen molar-refractivity contribution >= 4 is 21.6 Å². The van der Waals surface area contributed by atoms with Gasteiger partial charge in [-0.2, -0.15) is 4.31 Å². The fraction of sp³-hybridized carbons (Fsp3) is 0.350. The summed E-state index contributed by atoms with van der Waals surface area (Å²) in [4.78, 5) is 13.2. The van der Waals surface area contributed by atoms with E-state index in [0.29, 0.717) is 5.69 Å². The lowest BCUT2D eigenvalue weighted by Gasteiger charge is -2.33. The van der Waals surface area contributed by atoms with Gasteiger partial charge in [0.25, 0.3) is 0 Å². The normalized spacial score (nSPS) is 16.0. The number of benzene rings is 2. The van der Waals surface area contributed by atoms with Crippen LogP contribution in [0.25, 0.3) is 0 Å². The SMILES string of the molecule is Cc1cc(C)cc(NC(=O)CN2CCN(S(=O)(=O)c3c(F)cccc3F)CC2)c1. The Morgan fingerprint density at radius 3 is 2.10 bits per heavy atom. The highest BCUT2D eigenvalue weighted by atomic mass is 32.2. The smallest absolute Gasteiger partial charge is 0.249 e. The largest absolute Gasteiger partial charge is 0.325 e. The summed E-state index contributed by atoms with van der Waals surface area (Å²) in [6.07, 6.45) is 0. The molecule has 1 N–H and O–H groups in total.